The lowest BCUT2D eigenvalue weighted by atomic mass is 10.0. The standard InChI is InChI=1S/C21H18N4O2/c1-25-12-10-21(27,20(25)26)9-7-14-3-2-4-15(13-14)17-5-6-18-19(24-17)16(22)8-11-23-18/h2-6,8,11,13,27H,10,12H2,1H3,(H2,22,23). The number of carbonyl (C=O) groups is 1. The Bertz CT molecular complexity index is 1120. The molecule has 0 saturated carbocycles. The molecular formula is C21H18N4O2. The van der Waals surface area contributed by atoms with Crippen LogP contribution in [-0.2, 0) is 4.79 Å². The number of aromatic nitrogens is 2. The van der Waals surface area contributed by atoms with E-state index in [0.29, 0.717) is 29.7 Å². The van der Waals surface area contributed by atoms with E-state index in [1.165, 1.54) is 4.90 Å². The van der Waals surface area contributed by atoms with Crippen LogP contribution < -0.4 is 5.73 Å². The Morgan fingerprint density at radius 1 is 1.26 bits per heavy atom. The van der Waals surface area contributed by atoms with E-state index >= 15 is 0 Å². The van der Waals surface area contributed by atoms with Crippen LogP contribution in [0.25, 0.3) is 22.3 Å². The van der Waals surface area contributed by atoms with Gasteiger partial charge in [0.05, 0.1) is 16.9 Å². The number of fused-ring (bicyclic) bond motifs is 1. The summed E-state index contributed by atoms with van der Waals surface area (Å²) in [6, 6.07) is 13.0. The molecule has 0 radical (unpaired) electrons. The van der Waals surface area contributed by atoms with Crippen molar-refractivity contribution >= 4 is 22.6 Å². The fourth-order valence-electron chi connectivity index (χ4n) is 3.11. The van der Waals surface area contributed by atoms with Gasteiger partial charge in [0.15, 0.2) is 0 Å². The van der Waals surface area contributed by atoms with Gasteiger partial charge in [-0.3, -0.25) is 9.78 Å². The van der Waals surface area contributed by atoms with Crippen LogP contribution in [0, 0.1) is 11.8 Å². The van der Waals surface area contributed by atoms with Crippen molar-refractivity contribution in [1.29, 1.82) is 0 Å². The lowest BCUT2D eigenvalue weighted by Crippen LogP contribution is -2.37. The average molecular weight is 358 g/mol. The smallest absolute Gasteiger partial charge is 0.267 e. The zero-order valence-corrected chi connectivity index (χ0v) is 14.8. The van der Waals surface area contributed by atoms with Crippen molar-refractivity contribution in [3.8, 4) is 23.1 Å². The molecule has 1 saturated heterocycles. The van der Waals surface area contributed by atoms with Crippen LogP contribution in [0.2, 0.25) is 0 Å². The van der Waals surface area contributed by atoms with Crippen molar-refractivity contribution in [2.75, 3.05) is 19.3 Å². The van der Waals surface area contributed by atoms with Crippen LogP contribution >= 0.6 is 0 Å². The lowest BCUT2D eigenvalue weighted by molar-refractivity contribution is -0.137. The molecule has 3 aromatic rings. The van der Waals surface area contributed by atoms with E-state index < -0.39 is 5.60 Å². The molecule has 134 valence electrons. The van der Waals surface area contributed by atoms with Crippen molar-refractivity contribution in [2.45, 2.75) is 12.0 Å². The first-order valence-corrected chi connectivity index (χ1v) is 8.59. The molecule has 6 nitrogen and oxygen atoms in total. The monoisotopic (exact) mass is 358 g/mol. The van der Waals surface area contributed by atoms with Crippen molar-refractivity contribution in [2.24, 2.45) is 0 Å². The summed E-state index contributed by atoms with van der Waals surface area (Å²) in [5.41, 5.74) is 8.68. The summed E-state index contributed by atoms with van der Waals surface area (Å²) in [6.45, 7) is 0.501. The number of nitrogens with zero attached hydrogens (tertiary/aromatic N) is 3. The summed E-state index contributed by atoms with van der Waals surface area (Å²) in [4.78, 5) is 22.4. The van der Waals surface area contributed by atoms with E-state index in [4.69, 9.17) is 5.73 Å². The number of anilines is 1. The third kappa shape index (κ3) is 3.09. The molecule has 4 rings (SSSR count). The molecule has 0 spiro atoms. The number of likely N-dealkylation sites (N-methyl/N-ethyl adjacent to an activating group) is 1. The summed E-state index contributed by atoms with van der Waals surface area (Å²) in [6.07, 6.45) is 1.97. The molecule has 1 aliphatic rings. The number of hydrogen-bond donors (Lipinski definition) is 2. The molecule has 1 aromatic carbocycles. The minimum absolute atomic E-state index is 0.313. The number of rotatable bonds is 1. The minimum Gasteiger partial charge on any atom is -0.397 e. The van der Waals surface area contributed by atoms with Gasteiger partial charge in [0, 0.05) is 37.3 Å². The van der Waals surface area contributed by atoms with Crippen molar-refractivity contribution in [1.82, 2.24) is 14.9 Å². The maximum Gasteiger partial charge on any atom is 0.267 e. The van der Waals surface area contributed by atoms with Gasteiger partial charge >= 0.3 is 0 Å². The van der Waals surface area contributed by atoms with Gasteiger partial charge in [0.25, 0.3) is 5.91 Å². The van der Waals surface area contributed by atoms with Gasteiger partial charge < -0.3 is 15.7 Å². The third-order valence-electron chi connectivity index (χ3n) is 4.70. The number of pyridine rings is 2. The second-order valence-electron chi connectivity index (χ2n) is 6.63. The predicted molar refractivity (Wildman–Crippen MR) is 103 cm³/mol. The number of carbonyl (C=O) groups excluding carboxylic acids is 1. The first-order chi connectivity index (χ1) is 13.0. The summed E-state index contributed by atoms with van der Waals surface area (Å²) in [5, 5.41) is 10.4. The van der Waals surface area contributed by atoms with E-state index in [1.54, 1.807) is 19.3 Å². The fraction of sp³-hybridized carbons (Fsp3) is 0.190. The number of benzene rings is 1. The molecule has 0 aliphatic carbocycles. The highest BCUT2D eigenvalue weighted by molar-refractivity contribution is 5.90. The summed E-state index contributed by atoms with van der Waals surface area (Å²) in [7, 11) is 1.66. The molecule has 1 fully saturated rings. The van der Waals surface area contributed by atoms with Crippen LogP contribution in [0.3, 0.4) is 0 Å². The number of likely N-dealkylation sites (tertiary alicyclic amines) is 1. The summed E-state index contributed by atoms with van der Waals surface area (Å²) < 4.78 is 0. The van der Waals surface area contributed by atoms with E-state index in [2.05, 4.69) is 21.8 Å². The number of amides is 1. The van der Waals surface area contributed by atoms with Crippen molar-refractivity contribution in [3.05, 3.63) is 54.2 Å². The SMILES string of the molecule is CN1CCC(O)(C#Cc2cccc(-c3ccc4nccc(N)c4n3)c2)C1=O. The lowest BCUT2D eigenvalue weighted by Gasteiger charge is -2.13. The first-order valence-electron chi connectivity index (χ1n) is 8.59. The van der Waals surface area contributed by atoms with Gasteiger partial charge in [-0.2, -0.15) is 0 Å². The molecule has 0 bridgehead atoms. The second-order valence-corrected chi connectivity index (χ2v) is 6.63. The average Bonchev–Trinajstić information content (AvgIpc) is 2.95. The molecule has 27 heavy (non-hydrogen) atoms. The van der Waals surface area contributed by atoms with Crippen molar-refractivity contribution < 1.29 is 9.90 Å². The predicted octanol–water partition coefficient (Wildman–Crippen LogP) is 1.82. The molecule has 6 heteroatoms. The zero-order valence-electron chi connectivity index (χ0n) is 14.8. The summed E-state index contributed by atoms with van der Waals surface area (Å²) in [5.74, 6) is 5.30. The number of nitrogens with two attached hydrogens (primary N) is 1. The molecule has 3 heterocycles. The van der Waals surface area contributed by atoms with Crippen LogP contribution in [0.15, 0.2) is 48.7 Å². The molecule has 3 N–H and O–H groups in total. The van der Waals surface area contributed by atoms with Gasteiger partial charge in [-0.05, 0) is 30.3 Å². The van der Waals surface area contributed by atoms with Gasteiger partial charge in [-0.25, -0.2) is 4.98 Å². The van der Waals surface area contributed by atoms with Crippen LogP contribution in [-0.4, -0.2) is 45.1 Å². The second kappa shape index (κ2) is 6.38. The first kappa shape index (κ1) is 17.0. The zero-order chi connectivity index (χ0) is 19.0. The quantitative estimate of drug-likeness (QED) is 0.648. The van der Waals surface area contributed by atoms with E-state index in [1.807, 2.05) is 36.4 Å². The molecule has 1 aliphatic heterocycles. The fourth-order valence-corrected chi connectivity index (χ4v) is 3.11. The van der Waals surface area contributed by atoms with E-state index in [9.17, 15) is 9.90 Å². The Labute approximate surface area is 156 Å². The maximum absolute atomic E-state index is 12.0. The molecule has 1 atom stereocenters. The number of aliphatic hydroxyl groups is 1. The molecule has 1 amide bonds. The van der Waals surface area contributed by atoms with Gasteiger partial charge in [-0.15, -0.1) is 0 Å². The van der Waals surface area contributed by atoms with Gasteiger partial charge in [0.2, 0.25) is 5.60 Å². The largest absolute Gasteiger partial charge is 0.397 e. The Morgan fingerprint density at radius 3 is 2.89 bits per heavy atom. The summed E-state index contributed by atoms with van der Waals surface area (Å²) >= 11 is 0. The Morgan fingerprint density at radius 2 is 2.11 bits per heavy atom. The van der Waals surface area contributed by atoms with Crippen LogP contribution in [0.5, 0.6) is 0 Å². The third-order valence-corrected chi connectivity index (χ3v) is 4.70. The molecule has 1 unspecified atom stereocenters. The highest BCUT2D eigenvalue weighted by Crippen LogP contribution is 2.24. The van der Waals surface area contributed by atoms with Crippen LogP contribution in [0.4, 0.5) is 5.69 Å². The van der Waals surface area contributed by atoms with Gasteiger partial charge in [-0.1, -0.05) is 24.0 Å². The highest BCUT2D eigenvalue weighted by Gasteiger charge is 2.42. The van der Waals surface area contributed by atoms with Crippen LogP contribution in [0.1, 0.15) is 12.0 Å². The molecule has 2 aromatic heterocycles. The number of hydrogen-bond acceptors (Lipinski definition) is 5. The Balaban J connectivity index is 1.69. The van der Waals surface area contributed by atoms with E-state index in [0.717, 1.165) is 16.8 Å². The number of nitrogen functional groups attached to an aromatic ring is 1. The van der Waals surface area contributed by atoms with Crippen molar-refractivity contribution in [3.63, 3.8) is 0 Å². The Hall–Kier alpha value is -3.43. The van der Waals surface area contributed by atoms with Gasteiger partial charge in [0.1, 0.15) is 5.52 Å². The Kier molecular flexibility index (Phi) is 4.02. The normalized spacial score (nSPS) is 19.2. The topological polar surface area (TPSA) is 92.3 Å². The maximum atomic E-state index is 12.0. The highest BCUT2D eigenvalue weighted by atomic mass is 16.3. The van der Waals surface area contributed by atoms with E-state index in [-0.39, 0.29) is 5.91 Å². The minimum atomic E-state index is -1.61. The molecular weight excluding hydrogens is 340 g/mol.